The van der Waals surface area contributed by atoms with Crippen molar-refractivity contribution in [2.75, 3.05) is 0 Å². The van der Waals surface area contributed by atoms with E-state index in [0.717, 1.165) is 6.20 Å². The molecule has 0 aromatic carbocycles. The Kier molecular flexibility index (Phi) is 2.61. The summed E-state index contributed by atoms with van der Waals surface area (Å²) in [5, 5.41) is 16.9. The highest BCUT2D eigenvalue weighted by Crippen LogP contribution is 2.33. The molecule has 1 aromatic heterocycles. The van der Waals surface area contributed by atoms with Crippen LogP contribution in [0.1, 0.15) is 21.6 Å². The van der Waals surface area contributed by atoms with Crippen LogP contribution >= 0.6 is 0 Å². The molecule has 4 nitrogen and oxygen atoms in total. The Morgan fingerprint density at radius 2 is 2.13 bits per heavy atom. The van der Waals surface area contributed by atoms with Crippen molar-refractivity contribution in [2.45, 2.75) is 6.18 Å². The second-order valence-electron chi connectivity index (χ2n) is 2.50. The van der Waals surface area contributed by atoms with Gasteiger partial charge in [0.2, 0.25) is 0 Å². The van der Waals surface area contributed by atoms with E-state index in [4.69, 9.17) is 10.4 Å². The maximum absolute atomic E-state index is 12.4. The molecule has 1 N–H and O–H groups in total. The first-order valence-electron chi connectivity index (χ1n) is 3.57. The molecule has 0 unspecified atom stereocenters. The molecule has 0 saturated heterocycles. The maximum Gasteiger partial charge on any atom is 0.420 e. The monoisotopic (exact) mass is 216 g/mol. The van der Waals surface area contributed by atoms with Crippen LogP contribution in [0.15, 0.2) is 12.3 Å². The maximum atomic E-state index is 12.4. The Morgan fingerprint density at radius 1 is 1.53 bits per heavy atom. The molecule has 0 fully saturated rings. The number of rotatable bonds is 1. The van der Waals surface area contributed by atoms with Gasteiger partial charge in [0.1, 0.15) is 11.6 Å². The second-order valence-corrected chi connectivity index (χ2v) is 2.50. The predicted molar refractivity (Wildman–Crippen MR) is 40.9 cm³/mol. The molecule has 0 radical (unpaired) electrons. The average Bonchev–Trinajstić information content (AvgIpc) is 2.15. The first-order valence-corrected chi connectivity index (χ1v) is 3.57. The van der Waals surface area contributed by atoms with E-state index in [2.05, 4.69) is 4.98 Å². The quantitative estimate of drug-likeness (QED) is 0.774. The molecule has 78 valence electrons. The zero-order valence-corrected chi connectivity index (χ0v) is 7.04. The molecule has 15 heavy (non-hydrogen) atoms. The number of hydrogen-bond acceptors (Lipinski definition) is 3. The Balaban J connectivity index is 3.57. The summed E-state index contributed by atoms with van der Waals surface area (Å²) in [7, 11) is 0. The van der Waals surface area contributed by atoms with Crippen LogP contribution in [-0.2, 0) is 6.18 Å². The molecule has 0 atom stereocenters. The van der Waals surface area contributed by atoms with E-state index in [1.165, 1.54) is 6.07 Å². The van der Waals surface area contributed by atoms with Gasteiger partial charge in [-0.25, -0.2) is 9.78 Å². The summed E-state index contributed by atoms with van der Waals surface area (Å²) < 4.78 is 37.2. The van der Waals surface area contributed by atoms with Crippen molar-refractivity contribution < 1.29 is 23.1 Å². The van der Waals surface area contributed by atoms with Crippen LogP contribution in [0.5, 0.6) is 0 Å². The van der Waals surface area contributed by atoms with Gasteiger partial charge in [0.15, 0.2) is 5.69 Å². The van der Waals surface area contributed by atoms with Crippen molar-refractivity contribution in [1.82, 2.24) is 4.98 Å². The summed E-state index contributed by atoms with van der Waals surface area (Å²) in [6.45, 7) is 0. The molecule has 7 heteroatoms. The van der Waals surface area contributed by atoms with Crippen LogP contribution in [0, 0.1) is 11.3 Å². The zero-order chi connectivity index (χ0) is 11.6. The molecule has 0 saturated carbocycles. The van der Waals surface area contributed by atoms with Gasteiger partial charge in [-0.05, 0) is 6.07 Å². The summed E-state index contributed by atoms with van der Waals surface area (Å²) in [5.74, 6) is -1.75. The van der Waals surface area contributed by atoms with Crippen molar-refractivity contribution in [1.29, 1.82) is 5.26 Å². The Bertz CT molecular complexity index is 448. The largest absolute Gasteiger partial charge is 0.478 e. The molecule has 0 bridgehead atoms. The molecule has 0 aliphatic heterocycles. The summed E-state index contributed by atoms with van der Waals surface area (Å²) >= 11 is 0. The fourth-order valence-electron chi connectivity index (χ4n) is 1.01. The lowest BCUT2D eigenvalue weighted by Crippen LogP contribution is -2.16. The number of aromatic carboxylic acids is 1. The minimum Gasteiger partial charge on any atom is -0.478 e. The van der Waals surface area contributed by atoms with Gasteiger partial charge >= 0.3 is 12.1 Å². The summed E-state index contributed by atoms with van der Waals surface area (Å²) in [4.78, 5) is 13.7. The molecule has 0 aliphatic rings. The number of nitriles is 1. The first-order chi connectivity index (χ1) is 6.88. The number of halogens is 3. The van der Waals surface area contributed by atoms with Crippen molar-refractivity contribution in [3.05, 3.63) is 29.1 Å². The summed E-state index contributed by atoms with van der Waals surface area (Å²) in [6, 6.07) is 1.90. The highest BCUT2D eigenvalue weighted by Gasteiger charge is 2.38. The van der Waals surface area contributed by atoms with Crippen molar-refractivity contribution >= 4 is 5.97 Å². The fraction of sp³-hybridized carbons (Fsp3) is 0.125. The third-order valence-electron chi connectivity index (χ3n) is 1.57. The number of carboxylic acids is 1. The molecular formula is C8H3F3N2O2. The van der Waals surface area contributed by atoms with Crippen LogP contribution in [-0.4, -0.2) is 16.1 Å². The smallest absolute Gasteiger partial charge is 0.420 e. The number of carboxylic acid groups (broad SMARTS) is 1. The standard InChI is InChI=1S/C8H3F3N2O2/c9-8(10,11)6-4(7(14)15)1-2-13-5(6)3-12/h1-2H,(H,14,15). The van der Waals surface area contributed by atoms with Crippen LogP contribution in [0.2, 0.25) is 0 Å². The molecule has 0 aliphatic carbocycles. The third-order valence-corrected chi connectivity index (χ3v) is 1.57. The fourth-order valence-corrected chi connectivity index (χ4v) is 1.01. The van der Waals surface area contributed by atoms with E-state index in [-0.39, 0.29) is 0 Å². The number of alkyl halides is 3. The van der Waals surface area contributed by atoms with Crippen LogP contribution < -0.4 is 0 Å². The molecule has 1 heterocycles. The lowest BCUT2D eigenvalue weighted by atomic mass is 10.1. The Labute approximate surface area is 81.6 Å². The van der Waals surface area contributed by atoms with Crippen LogP contribution in [0.25, 0.3) is 0 Å². The number of hydrogen-bond donors (Lipinski definition) is 1. The van der Waals surface area contributed by atoms with Gasteiger partial charge in [0, 0.05) is 6.20 Å². The van der Waals surface area contributed by atoms with E-state index >= 15 is 0 Å². The first kappa shape index (κ1) is 11.0. The molecule has 0 amide bonds. The lowest BCUT2D eigenvalue weighted by molar-refractivity contribution is -0.138. The molecular weight excluding hydrogens is 213 g/mol. The normalized spacial score (nSPS) is 10.8. The van der Waals surface area contributed by atoms with Gasteiger partial charge in [-0.1, -0.05) is 0 Å². The summed E-state index contributed by atoms with van der Waals surface area (Å²) in [6.07, 6.45) is -4.07. The van der Waals surface area contributed by atoms with E-state index in [1.807, 2.05) is 0 Å². The molecule has 0 spiro atoms. The second kappa shape index (κ2) is 3.57. The van der Waals surface area contributed by atoms with Gasteiger partial charge in [0.05, 0.1) is 5.56 Å². The van der Waals surface area contributed by atoms with Gasteiger partial charge in [-0.2, -0.15) is 18.4 Å². The Morgan fingerprint density at radius 3 is 2.53 bits per heavy atom. The molecule has 1 aromatic rings. The highest BCUT2D eigenvalue weighted by atomic mass is 19.4. The predicted octanol–water partition coefficient (Wildman–Crippen LogP) is 1.67. The van der Waals surface area contributed by atoms with Crippen molar-refractivity contribution in [3.63, 3.8) is 0 Å². The van der Waals surface area contributed by atoms with E-state index in [1.54, 1.807) is 0 Å². The SMILES string of the molecule is N#Cc1nccc(C(=O)O)c1C(F)(F)F. The van der Waals surface area contributed by atoms with Crippen molar-refractivity contribution in [3.8, 4) is 6.07 Å². The number of pyridine rings is 1. The van der Waals surface area contributed by atoms with Crippen LogP contribution in [0.4, 0.5) is 13.2 Å². The average molecular weight is 216 g/mol. The highest BCUT2D eigenvalue weighted by molar-refractivity contribution is 5.90. The topological polar surface area (TPSA) is 74.0 Å². The third kappa shape index (κ3) is 2.04. The Hall–Kier alpha value is -2.10. The minimum absolute atomic E-state index is 0.700. The van der Waals surface area contributed by atoms with Gasteiger partial charge in [0.25, 0.3) is 0 Å². The van der Waals surface area contributed by atoms with E-state index < -0.39 is 29.0 Å². The zero-order valence-electron chi connectivity index (χ0n) is 7.04. The number of nitrogens with zero attached hydrogens (tertiary/aromatic N) is 2. The van der Waals surface area contributed by atoms with E-state index in [0.29, 0.717) is 6.07 Å². The number of aromatic nitrogens is 1. The van der Waals surface area contributed by atoms with Gasteiger partial charge in [-0.3, -0.25) is 0 Å². The van der Waals surface area contributed by atoms with Gasteiger partial charge in [-0.15, -0.1) is 0 Å². The minimum atomic E-state index is -4.91. The van der Waals surface area contributed by atoms with E-state index in [9.17, 15) is 18.0 Å². The van der Waals surface area contributed by atoms with Crippen LogP contribution in [0.3, 0.4) is 0 Å². The summed E-state index contributed by atoms with van der Waals surface area (Å²) in [5.41, 5.74) is -3.43. The molecule has 1 rings (SSSR count). The van der Waals surface area contributed by atoms with Gasteiger partial charge < -0.3 is 5.11 Å². The number of carbonyl (C=O) groups is 1. The lowest BCUT2D eigenvalue weighted by Gasteiger charge is -2.10. The van der Waals surface area contributed by atoms with Crippen molar-refractivity contribution in [2.24, 2.45) is 0 Å².